The molecule has 3 heterocycles. The highest BCUT2D eigenvalue weighted by Crippen LogP contribution is 2.34. The van der Waals surface area contributed by atoms with E-state index in [0.717, 1.165) is 47.8 Å². The number of rotatable bonds is 6. The van der Waals surface area contributed by atoms with Gasteiger partial charge in [0.25, 0.3) is 0 Å². The van der Waals surface area contributed by atoms with E-state index < -0.39 is 0 Å². The Morgan fingerprint density at radius 3 is 2.78 bits per heavy atom. The second kappa shape index (κ2) is 9.27. The molecule has 0 unspecified atom stereocenters. The van der Waals surface area contributed by atoms with Gasteiger partial charge in [0.1, 0.15) is 17.4 Å². The molecule has 2 amide bonds. The van der Waals surface area contributed by atoms with Gasteiger partial charge in [-0.15, -0.1) is 0 Å². The lowest BCUT2D eigenvalue weighted by atomic mass is 9.96. The minimum absolute atomic E-state index is 0.0258. The average Bonchev–Trinajstić information content (AvgIpc) is 3.09. The third kappa shape index (κ3) is 4.47. The zero-order valence-corrected chi connectivity index (χ0v) is 19.4. The molecule has 1 aromatic carbocycles. The SMILES string of the molecule is COc1ccccc1CN1C(=O)Cc2c(C)nc([C@H]3CCCN(C(=O)CC(C)C)C3)nc21. The lowest BCUT2D eigenvalue weighted by molar-refractivity contribution is -0.133. The molecule has 2 aliphatic rings. The van der Waals surface area contributed by atoms with E-state index >= 15 is 0 Å². The monoisotopic (exact) mass is 436 g/mol. The summed E-state index contributed by atoms with van der Waals surface area (Å²) in [6.07, 6.45) is 2.78. The highest BCUT2D eigenvalue weighted by Gasteiger charge is 2.34. The number of hydrogen-bond donors (Lipinski definition) is 0. The Morgan fingerprint density at radius 1 is 1.25 bits per heavy atom. The number of carbonyl (C=O) groups excluding carboxylic acids is 2. The van der Waals surface area contributed by atoms with Crippen molar-refractivity contribution in [2.75, 3.05) is 25.1 Å². The summed E-state index contributed by atoms with van der Waals surface area (Å²) in [7, 11) is 1.64. The van der Waals surface area contributed by atoms with Gasteiger partial charge in [0.15, 0.2) is 0 Å². The molecule has 2 aliphatic heterocycles. The molecule has 0 spiro atoms. The van der Waals surface area contributed by atoms with Crippen LogP contribution in [0.15, 0.2) is 24.3 Å². The molecule has 7 heteroatoms. The molecular weight excluding hydrogens is 404 g/mol. The quantitative estimate of drug-likeness (QED) is 0.691. The van der Waals surface area contributed by atoms with Gasteiger partial charge >= 0.3 is 0 Å². The van der Waals surface area contributed by atoms with Crippen LogP contribution < -0.4 is 9.64 Å². The first-order valence-corrected chi connectivity index (χ1v) is 11.4. The molecule has 4 rings (SSSR count). The van der Waals surface area contributed by atoms with Gasteiger partial charge in [0, 0.05) is 42.2 Å². The van der Waals surface area contributed by atoms with Crippen LogP contribution in [0.1, 0.15) is 61.7 Å². The molecular formula is C25H32N4O3. The Morgan fingerprint density at radius 2 is 2.03 bits per heavy atom. The van der Waals surface area contributed by atoms with Gasteiger partial charge in [-0.1, -0.05) is 32.0 Å². The zero-order chi connectivity index (χ0) is 22.8. The number of ether oxygens (including phenoxy) is 1. The van der Waals surface area contributed by atoms with E-state index in [4.69, 9.17) is 14.7 Å². The molecule has 1 saturated heterocycles. The molecule has 1 fully saturated rings. The summed E-state index contributed by atoms with van der Waals surface area (Å²) in [6, 6.07) is 7.74. The number of aryl methyl sites for hydroxylation is 1. The van der Waals surface area contributed by atoms with E-state index in [0.29, 0.717) is 37.7 Å². The van der Waals surface area contributed by atoms with Crippen LogP contribution in [0.5, 0.6) is 5.75 Å². The summed E-state index contributed by atoms with van der Waals surface area (Å²) < 4.78 is 5.47. The first kappa shape index (κ1) is 22.2. The number of piperidine rings is 1. The van der Waals surface area contributed by atoms with Crippen molar-refractivity contribution in [1.29, 1.82) is 0 Å². The van der Waals surface area contributed by atoms with Crippen LogP contribution in [-0.4, -0.2) is 46.9 Å². The Balaban J connectivity index is 1.60. The van der Waals surface area contributed by atoms with Crippen LogP contribution in [0.3, 0.4) is 0 Å². The topological polar surface area (TPSA) is 75.6 Å². The standard InChI is InChI=1S/C25H32N4O3/c1-16(2)12-22(30)28-11-7-9-19(14-28)24-26-17(3)20-13-23(31)29(25(20)27-24)15-18-8-5-6-10-21(18)32-4/h5-6,8,10,16,19H,7,9,11-15H2,1-4H3/t19-/m0/s1. The largest absolute Gasteiger partial charge is 0.496 e. The highest BCUT2D eigenvalue weighted by atomic mass is 16.5. The van der Waals surface area contributed by atoms with Gasteiger partial charge in [0.2, 0.25) is 11.8 Å². The van der Waals surface area contributed by atoms with Gasteiger partial charge in [-0.05, 0) is 31.7 Å². The number of nitrogens with zero attached hydrogens (tertiary/aromatic N) is 4. The third-order valence-electron chi connectivity index (χ3n) is 6.34. The number of amides is 2. The molecule has 170 valence electrons. The molecule has 7 nitrogen and oxygen atoms in total. The zero-order valence-electron chi connectivity index (χ0n) is 19.4. The third-order valence-corrected chi connectivity index (χ3v) is 6.34. The second-order valence-corrected chi connectivity index (χ2v) is 9.21. The van der Waals surface area contributed by atoms with E-state index in [2.05, 4.69) is 13.8 Å². The molecule has 2 aromatic rings. The molecule has 0 saturated carbocycles. The van der Waals surface area contributed by atoms with Crippen LogP contribution in [0, 0.1) is 12.8 Å². The Kier molecular flexibility index (Phi) is 6.44. The Hall–Kier alpha value is -2.96. The fourth-order valence-corrected chi connectivity index (χ4v) is 4.64. The lowest BCUT2D eigenvalue weighted by Gasteiger charge is -2.33. The summed E-state index contributed by atoms with van der Waals surface area (Å²) in [6.45, 7) is 7.94. The van der Waals surface area contributed by atoms with Crippen molar-refractivity contribution < 1.29 is 14.3 Å². The van der Waals surface area contributed by atoms with Crippen LogP contribution >= 0.6 is 0 Å². The van der Waals surface area contributed by atoms with Crippen molar-refractivity contribution in [3.8, 4) is 5.75 Å². The minimum Gasteiger partial charge on any atom is -0.496 e. The van der Waals surface area contributed by atoms with Crippen molar-refractivity contribution in [2.45, 2.75) is 58.9 Å². The molecule has 0 radical (unpaired) electrons. The van der Waals surface area contributed by atoms with Crippen LogP contribution in [0.25, 0.3) is 0 Å². The van der Waals surface area contributed by atoms with Crippen molar-refractivity contribution in [3.05, 3.63) is 46.9 Å². The number of anilines is 1. The first-order valence-electron chi connectivity index (χ1n) is 11.4. The molecule has 0 N–H and O–H groups in total. The fourth-order valence-electron chi connectivity index (χ4n) is 4.64. The van der Waals surface area contributed by atoms with E-state index in [1.807, 2.05) is 36.1 Å². The van der Waals surface area contributed by atoms with Gasteiger partial charge in [-0.25, -0.2) is 9.97 Å². The van der Waals surface area contributed by atoms with Gasteiger partial charge in [-0.2, -0.15) is 0 Å². The first-order chi connectivity index (χ1) is 15.4. The summed E-state index contributed by atoms with van der Waals surface area (Å²) in [5.74, 6) is 2.86. The smallest absolute Gasteiger partial charge is 0.233 e. The van der Waals surface area contributed by atoms with Crippen molar-refractivity contribution in [3.63, 3.8) is 0 Å². The highest BCUT2D eigenvalue weighted by molar-refractivity contribution is 6.00. The number of carbonyl (C=O) groups is 2. The average molecular weight is 437 g/mol. The maximum atomic E-state index is 12.9. The fraction of sp³-hybridized carbons (Fsp3) is 0.520. The predicted molar refractivity (Wildman–Crippen MR) is 123 cm³/mol. The van der Waals surface area contributed by atoms with E-state index in [9.17, 15) is 9.59 Å². The van der Waals surface area contributed by atoms with E-state index in [1.54, 1.807) is 12.0 Å². The number of likely N-dealkylation sites (tertiary alicyclic amines) is 1. The molecule has 0 bridgehead atoms. The maximum Gasteiger partial charge on any atom is 0.233 e. The number of methoxy groups -OCH3 is 1. The summed E-state index contributed by atoms with van der Waals surface area (Å²) in [5.41, 5.74) is 2.70. The van der Waals surface area contributed by atoms with Crippen molar-refractivity contribution in [1.82, 2.24) is 14.9 Å². The molecule has 0 aliphatic carbocycles. The van der Waals surface area contributed by atoms with Gasteiger partial charge in [-0.3, -0.25) is 14.5 Å². The molecule has 32 heavy (non-hydrogen) atoms. The Bertz CT molecular complexity index is 1020. The molecule has 1 aromatic heterocycles. The van der Waals surface area contributed by atoms with Gasteiger partial charge < -0.3 is 9.64 Å². The summed E-state index contributed by atoms with van der Waals surface area (Å²) >= 11 is 0. The predicted octanol–water partition coefficient (Wildman–Crippen LogP) is 3.64. The van der Waals surface area contributed by atoms with Crippen molar-refractivity contribution in [2.24, 2.45) is 5.92 Å². The minimum atomic E-state index is 0.0258. The number of aromatic nitrogens is 2. The maximum absolute atomic E-state index is 12.9. The van der Waals surface area contributed by atoms with E-state index in [1.165, 1.54) is 0 Å². The van der Waals surface area contributed by atoms with Gasteiger partial charge in [0.05, 0.1) is 20.1 Å². The second-order valence-electron chi connectivity index (χ2n) is 9.21. The van der Waals surface area contributed by atoms with E-state index in [-0.39, 0.29) is 17.7 Å². The normalized spacial score (nSPS) is 18.3. The number of fused-ring (bicyclic) bond motifs is 1. The molecule has 1 atom stereocenters. The van der Waals surface area contributed by atoms with Crippen molar-refractivity contribution >= 4 is 17.6 Å². The number of hydrogen-bond acceptors (Lipinski definition) is 5. The van der Waals surface area contributed by atoms with Crippen LogP contribution in [-0.2, 0) is 22.6 Å². The van der Waals surface area contributed by atoms with Crippen LogP contribution in [0.2, 0.25) is 0 Å². The Labute approximate surface area is 189 Å². The summed E-state index contributed by atoms with van der Waals surface area (Å²) in [4.78, 5) is 38.9. The summed E-state index contributed by atoms with van der Waals surface area (Å²) in [5, 5.41) is 0. The number of benzene rings is 1. The lowest BCUT2D eigenvalue weighted by Crippen LogP contribution is -2.40. The number of para-hydroxylation sites is 1. The van der Waals surface area contributed by atoms with Crippen LogP contribution in [0.4, 0.5) is 5.82 Å².